The molecule has 7 heteroatoms. The average molecular weight is 500 g/mol. The molecule has 0 saturated carbocycles. The van der Waals surface area contributed by atoms with Crippen molar-refractivity contribution < 1.29 is 18.6 Å². The van der Waals surface area contributed by atoms with Crippen LogP contribution in [0.15, 0.2) is 61.7 Å². The molecule has 2 aromatic rings. The van der Waals surface area contributed by atoms with E-state index in [0.717, 1.165) is 23.0 Å². The lowest BCUT2D eigenvalue weighted by molar-refractivity contribution is 0.00578. The monoisotopic (exact) mass is 500 g/mol. The van der Waals surface area contributed by atoms with Gasteiger partial charge in [-0.3, -0.25) is 0 Å². The van der Waals surface area contributed by atoms with E-state index in [1.54, 1.807) is 0 Å². The van der Waals surface area contributed by atoms with E-state index >= 15 is 0 Å². The van der Waals surface area contributed by atoms with E-state index in [2.05, 4.69) is 110 Å². The van der Waals surface area contributed by atoms with Gasteiger partial charge in [0.25, 0.3) is 0 Å². The minimum atomic E-state index is -2.22. The van der Waals surface area contributed by atoms with Crippen LogP contribution >= 0.6 is 0 Å². The standard InChI is InChI=1S/C29H38B2O4Si/c1-10-16-36(17-11-2)25-18-21(30-32-20(3)27(4,5)33-30)12-14-23(25)24-15-13-22(19-26(24)36)31-34-28(6,7)29(8,9)35-31/h10-15,18-20H,1-2,16-17H2,3-9H3. The molecule has 2 fully saturated rings. The van der Waals surface area contributed by atoms with Gasteiger partial charge in [-0.1, -0.05) is 48.6 Å². The molecule has 0 aliphatic carbocycles. The van der Waals surface area contributed by atoms with Gasteiger partial charge in [-0.05, 0) is 93.0 Å². The van der Waals surface area contributed by atoms with Crippen molar-refractivity contribution in [1.29, 1.82) is 0 Å². The van der Waals surface area contributed by atoms with Crippen LogP contribution in [0.3, 0.4) is 0 Å². The van der Waals surface area contributed by atoms with Gasteiger partial charge in [0.15, 0.2) is 0 Å². The number of hydrogen-bond acceptors (Lipinski definition) is 4. The summed E-state index contributed by atoms with van der Waals surface area (Å²) in [6, 6.07) is 15.4. The maximum absolute atomic E-state index is 6.41. The lowest BCUT2D eigenvalue weighted by atomic mass is 9.77. The van der Waals surface area contributed by atoms with E-state index in [1.807, 2.05) is 0 Å². The van der Waals surface area contributed by atoms with Gasteiger partial charge in [-0.15, -0.1) is 13.2 Å². The van der Waals surface area contributed by atoms with Gasteiger partial charge in [0.05, 0.1) is 22.9 Å². The SMILES string of the molecule is C=CC[Si]1(CC=C)c2cc(B3OC(C)C(C)(C)O3)ccc2-c2ccc(B3OC(C)(C)C(C)(C)O3)cc21. The largest absolute Gasteiger partial charge is 0.494 e. The van der Waals surface area contributed by atoms with Crippen LogP contribution in [0.1, 0.15) is 48.5 Å². The van der Waals surface area contributed by atoms with Crippen molar-refractivity contribution in [3.8, 4) is 11.1 Å². The first kappa shape index (κ1) is 25.7. The summed E-state index contributed by atoms with van der Waals surface area (Å²) in [5, 5.41) is 2.81. The van der Waals surface area contributed by atoms with Gasteiger partial charge in [0, 0.05) is 0 Å². The Morgan fingerprint density at radius 2 is 1.25 bits per heavy atom. The van der Waals surface area contributed by atoms with Gasteiger partial charge >= 0.3 is 14.2 Å². The highest BCUT2D eigenvalue weighted by molar-refractivity contribution is 7.06. The topological polar surface area (TPSA) is 36.9 Å². The van der Waals surface area contributed by atoms with Crippen molar-refractivity contribution in [3.63, 3.8) is 0 Å². The molecule has 0 aromatic heterocycles. The molecule has 2 aromatic carbocycles. The summed E-state index contributed by atoms with van der Waals surface area (Å²) in [7, 11) is -2.97. The summed E-state index contributed by atoms with van der Waals surface area (Å²) in [4.78, 5) is 0. The average Bonchev–Trinajstić information content (AvgIpc) is 3.32. The molecule has 1 unspecified atom stereocenters. The van der Waals surface area contributed by atoms with Crippen LogP contribution in [0.2, 0.25) is 12.1 Å². The Balaban J connectivity index is 1.61. The van der Waals surface area contributed by atoms with E-state index in [1.165, 1.54) is 21.5 Å². The first-order valence-electron chi connectivity index (χ1n) is 13.1. The van der Waals surface area contributed by atoms with Gasteiger partial charge in [-0.25, -0.2) is 0 Å². The number of benzene rings is 2. The van der Waals surface area contributed by atoms with Crippen LogP contribution in [0.25, 0.3) is 11.1 Å². The molecule has 0 N–H and O–H groups in total. The van der Waals surface area contributed by atoms with Gasteiger partial charge < -0.3 is 18.6 Å². The van der Waals surface area contributed by atoms with Crippen molar-refractivity contribution in [2.75, 3.05) is 0 Å². The number of allylic oxidation sites excluding steroid dienone is 2. The third-order valence-corrected chi connectivity index (χ3v) is 13.8. The van der Waals surface area contributed by atoms with Gasteiger partial charge in [0.1, 0.15) is 8.07 Å². The normalized spacial score (nSPS) is 24.5. The Morgan fingerprint density at radius 3 is 1.67 bits per heavy atom. The maximum Gasteiger partial charge on any atom is 0.494 e. The highest BCUT2D eigenvalue weighted by Crippen LogP contribution is 2.38. The molecule has 1 atom stereocenters. The summed E-state index contributed by atoms with van der Waals surface area (Å²) >= 11 is 0. The van der Waals surface area contributed by atoms with Gasteiger partial charge in [-0.2, -0.15) is 0 Å². The Bertz CT molecular complexity index is 1200. The molecule has 36 heavy (non-hydrogen) atoms. The second kappa shape index (κ2) is 8.57. The molecule has 0 bridgehead atoms. The fraction of sp³-hybridized carbons (Fsp3) is 0.448. The van der Waals surface area contributed by atoms with Crippen LogP contribution in [0.4, 0.5) is 0 Å². The Kier molecular flexibility index (Phi) is 6.13. The fourth-order valence-corrected chi connectivity index (χ4v) is 10.4. The second-order valence-electron chi connectivity index (χ2n) is 12.1. The molecule has 0 amide bonds. The highest BCUT2D eigenvalue weighted by Gasteiger charge is 2.53. The maximum atomic E-state index is 6.41. The van der Waals surface area contributed by atoms with Crippen molar-refractivity contribution in [3.05, 3.63) is 61.7 Å². The van der Waals surface area contributed by atoms with Crippen molar-refractivity contribution in [1.82, 2.24) is 0 Å². The number of hydrogen-bond donors (Lipinski definition) is 0. The van der Waals surface area contributed by atoms with Crippen molar-refractivity contribution >= 4 is 43.6 Å². The van der Waals surface area contributed by atoms with Crippen LogP contribution in [-0.2, 0) is 18.6 Å². The van der Waals surface area contributed by atoms with E-state index in [4.69, 9.17) is 18.6 Å². The molecular weight excluding hydrogens is 462 g/mol. The smallest absolute Gasteiger partial charge is 0.402 e. The van der Waals surface area contributed by atoms with Crippen LogP contribution in [0, 0.1) is 0 Å². The Morgan fingerprint density at radius 1 is 0.778 bits per heavy atom. The molecule has 3 heterocycles. The predicted molar refractivity (Wildman–Crippen MR) is 154 cm³/mol. The number of rotatable bonds is 6. The summed E-state index contributed by atoms with van der Waals surface area (Å²) < 4.78 is 25.4. The van der Waals surface area contributed by atoms with Gasteiger partial charge in [0.2, 0.25) is 0 Å². The lowest BCUT2D eigenvalue weighted by Crippen LogP contribution is -2.56. The summed E-state index contributed by atoms with van der Waals surface area (Å²) in [5.74, 6) is 0. The van der Waals surface area contributed by atoms with E-state index in [-0.39, 0.29) is 37.1 Å². The highest BCUT2D eigenvalue weighted by atomic mass is 28.3. The third-order valence-electron chi connectivity index (χ3n) is 8.91. The molecule has 5 rings (SSSR count). The molecular formula is C29H38B2O4Si. The molecule has 3 aliphatic rings. The minimum absolute atomic E-state index is 0.0266. The fourth-order valence-electron chi connectivity index (χ4n) is 5.71. The first-order valence-corrected chi connectivity index (χ1v) is 15.5. The zero-order valence-electron chi connectivity index (χ0n) is 22.8. The van der Waals surface area contributed by atoms with Crippen LogP contribution in [-0.4, -0.2) is 45.2 Å². The summed E-state index contributed by atoms with van der Waals surface area (Å²) in [6.45, 7) is 23.0. The van der Waals surface area contributed by atoms with E-state index < -0.39 is 8.07 Å². The molecule has 0 spiro atoms. The van der Waals surface area contributed by atoms with E-state index in [0.29, 0.717) is 0 Å². The molecule has 0 radical (unpaired) electrons. The quantitative estimate of drug-likeness (QED) is 0.447. The first-order chi connectivity index (χ1) is 16.8. The Hall–Kier alpha value is -1.89. The summed E-state index contributed by atoms with van der Waals surface area (Å²) in [5.41, 5.74) is 3.68. The van der Waals surface area contributed by atoms with Crippen molar-refractivity contribution in [2.45, 2.75) is 83.5 Å². The Labute approximate surface area is 218 Å². The molecule has 4 nitrogen and oxygen atoms in total. The zero-order valence-corrected chi connectivity index (χ0v) is 23.8. The predicted octanol–water partition coefficient (Wildman–Crippen LogP) is 3.81. The van der Waals surface area contributed by atoms with E-state index in [9.17, 15) is 0 Å². The summed E-state index contributed by atoms with van der Waals surface area (Å²) in [6.07, 6.45) is 4.19. The van der Waals surface area contributed by atoms with Crippen LogP contribution in [0.5, 0.6) is 0 Å². The van der Waals surface area contributed by atoms with Crippen LogP contribution < -0.4 is 21.3 Å². The molecule has 2 saturated heterocycles. The minimum Gasteiger partial charge on any atom is -0.402 e. The number of fused-ring (bicyclic) bond motifs is 3. The third kappa shape index (κ3) is 3.83. The zero-order chi connectivity index (χ0) is 26.1. The second-order valence-corrected chi connectivity index (χ2v) is 16.2. The molecule has 3 aliphatic heterocycles. The van der Waals surface area contributed by atoms with Crippen molar-refractivity contribution in [2.24, 2.45) is 0 Å². The molecule has 188 valence electrons. The lowest BCUT2D eigenvalue weighted by Gasteiger charge is -2.32.